The van der Waals surface area contributed by atoms with Crippen molar-refractivity contribution in [1.29, 1.82) is 0 Å². The van der Waals surface area contributed by atoms with E-state index in [4.69, 9.17) is 9.84 Å². The third-order valence-electron chi connectivity index (χ3n) is 2.53. The van der Waals surface area contributed by atoms with Gasteiger partial charge in [0.15, 0.2) is 0 Å². The number of carbonyl (C=O) groups excluding carboxylic acids is 1. The first kappa shape index (κ1) is 12.3. The molecule has 0 saturated carbocycles. The van der Waals surface area contributed by atoms with Crippen molar-refractivity contribution in [3.05, 3.63) is 65.7 Å². The summed E-state index contributed by atoms with van der Waals surface area (Å²) in [6, 6.07) is 16.3. The molecule has 0 aliphatic carbocycles. The molecule has 0 saturated heterocycles. The average Bonchev–Trinajstić information content (AvgIpc) is 2.40. The minimum atomic E-state index is -0.294. The van der Waals surface area contributed by atoms with Crippen molar-refractivity contribution in [2.45, 2.75) is 13.0 Å². The molecule has 0 amide bonds. The standard InChI is InChI=1S/C15H14O3/c16-11-13-6-8-14(9-7-13)18-15(17)10-12-4-2-1-3-5-12/h1-9,16H,10-11H2. The fourth-order valence-corrected chi connectivity index (χ4v) is 1.59. The van der Waals surface area contributed by atoms with Gasteiger partial charge in [-0.2, -0.15) is 0 Å². The lowest BCUT2D eigenvalue weighted by Crippen LogP contribution is -2.11. The van der Waals surface area contributed by atoms with Gasteiger partial charge in [0, 0.05) is 0 Å². The van der Waals surface area contributed by atoms with Gasteiger partial charge in [0.25, 0.3) is 0 Å². The molecule has 2 aromatic carbocycles. The maximum absolute atomic E-state index is 11.7. The minimum Gasteiger partial charge on any atom is -0.426 e. The Labute approximate surface area is 106 Å². The van der Waals surface area contributed by atoms with E-state index in [1.807, 2.05) is 30.3 Å². The van der Waals surface area contributed by atoms with E-state index in [0.29, 0.717) is 5.75 Å². The van der Waals surface area contributed by atoms with Crippen LogP contribution in [0.1, 0.15) is 11.1 Å². The maximum Gasteiger partial charge on any atom is 0.315 e. The number of aliphatic hydroxyl groups is 1. The summed E-state index contributed by atoms with van der Waals surface area (Å²) < 4.78 is 5.20. The van der Waals surface area contributed by atoms with Gasteiger partial charge in [-0.25, -0.2) is 0 Å². The van der Waals surface area contributed by atoms with Crippen molar-refractivity contribution in [2.24, 2.45) is 0 Å². The molecule has 0 unspecified atom stereocenters. The summed E-state index contributed by atoms with van der Waals surface area (Å²) >= 11 is 0. The summed E-state index contributed by atoms with van der Waals surface area (Å²) in [5.41, 5.74) is 1.72. The highest BCUT2D eigenvalue weighted by atomic mass is 16.5. The summed E-state index contributed by atoms with van der Waals surface area (Å²) in [5, 5.41) is 8.90. The number of carbonyl (C=O) groups is 1. The van der Waals surface area contributed by atoms with Crippen LogP contribution >= 0.6 is 0 Å². The van der Waals surface area contributed by atoms with Crippen LogP contribution in [0.5, 0.6) is 5.75 Å². The van der Waals surface area contributed by atoms with Crippen LogP contribution in [0.15, 0.2) is 54.6 Å². The van der Waals surface area contributed by atoms with Crippen molar-refractivity contribution in [3.8, 4) is 5.75 Å². The number of esters is 1. The quantitative estimate of drug-likeness (QED) is 0.661. The van der Waals surface area contributed by atoms with Crippen molar-refractivity contribution in [2.75, 3.05) is 0 Å². The molecule has 0 aliphatic rings. The molecule has 0 aromatic heterocycles. The molecule has 0 atom stereocenters. The molecule has 0 spiro atoms. The van der Waals surface area contributed by atoms with E-state index < -0.39 is 0 Å². The Hall–Kier alpha value is -2.13. The van der Waals surface area contributed by atoms with Gasteiger partial charge in [0.2, 0.25) is 0 Å². The van der Waals surface area contributed by atoms with E-state index in [9.17, 15) is 4.79 Å². The Morgan fingerprint density at radius 1 is 0.944 bits per heavy atom. The van der Waals surface area contributed by atoms with Gasteiger partial charge in [-0.3, -0.25) is 4.79 Å². The maximum atomic E-state index is 11.7. The second-order valence-electron chi connectivity index (χ2n) is 3.94. The molecule has 3 nitrogen and oxygen atoms in total. The fourth-order valence-electron chi connectivity index (χ4n) is 1.59. The van der Waals surface area contributed by atoms with Crippen LogP contribution in [0.4, 0.5) is 0 Å². The van der Waals surface area contributed by atoms with Gasteiger partial charge in [-0.05, 0) is 23.3 Å². The Kier molecular flexibility index (Phi) is 4.10. The third kappa shape index (κ3) is 3.43. The van der Waals surface area contributed by atoms with Gasteiger partial charge in [0.1, 0.15) is 5.75 Å². The van der Waals surface area contributed by atoms with Crippen LogP contribution in [-0.4, -0.2) is 11.1 Å². The monoisotopic (exact) mass is 242 g/mol. The number of hydrogen-bond acceptors (Lipinski definition) is 3. The van der Waals surface area contributed by atoms with Crippen LogP contribution in [0.3, 0.4) is 0 Å². The molecule has 1 N–H and O–H groups in total. The van der Waals surface area contributed by atoms with E-state index in [0.717, 1.165) is 11.1 Å². The van der Waals surface area contributed by atoms with Crippen molar-refractivity contribution in [1.82, 2.24) is 0 Å². The molecule has 0 bridgehead atoms. The largest absolute Gasteiger partial charge is 0.426 e. The topological polar surface area (TPSA) is 46.5 Å². The van der Waals surface area contributed by atoms with Crippen molar-refractivity contribution >= 4 is 5.97 Å². The van der Waals surface area contributed by atoms with Gasteiger partial charge in [-0.15, -0.1) is 0 Å². The predicted molar refractivity (Wildman–Crippen MR) is 68.1 cm³/mol. The number of aliphatic hydroxyl groups excluding tert-OH is 1. The Morgan fingerprint density at radius 3 is 2.22 bits per heavy atom. The minimum absolute atomic E-state index is 0.0156. The first-order valence-electron chi connectivity index (χ1n) is 5.72. The van der Waals surface area contributed by atoms with Crippen LogP contribution in [0, 0.1) is 0 Å². The van der Waals surface area contributed by atoms with Gasteiger partial charge in [0.05, 0.1) is 13.0 Å². The molecule has 0 aliphatic heterocycles. The first-order valence-corrected chi connectivity index (χ1v) is 5.72. The third-order valence-corrected chi connectivity index (χ3v) is 2.53. The van der Waals surface area contributed by atoms with Crippen molar-refractivity contribution in [3.63, 3.8) is 0 Å². The Morgan fingerprint density at radius 2 is 1.61 bits per heavy atom. The second kappa shape index (κ2) is 5.98. The Balaban J connectivity index is 1.94. The molecule has 18 heavy (non-hydrogen) atoms. The number of hydrogen-bond donors (Lipinski definition) is 1. The first-order chi connectivity index (χ1) is 8.78. The zero-order chi connectivity index (χ0) is 12.8. The van der Waals surface area contributed by atoms with Gasteiger partial charge in [-0.1, -0.05) is 42.5 Å². The summed E-state index contributed by atoms with van der Waals surface area (Å²) in [4.78, 5) is 11.7. The Bertz CT molecular complexity index is 503. The van der Waals surface area contributed by atoms with Gasteiger partial charge < -0.3 is 9.84 Å². The molecular formula is C15H14O3. The van der Waals surface area contributed by atoms with Crippen LogP contribution in [0.25, 0.3) is 0 Å². The zero-order valence-electron chi connectivity index (χ0n) is 9.87. The summed E-state index contributed by atoms with van der Waals surface area (Å²) in [6.45, 7) is -0.0156. The molecule has 0 radical (unpaired) electrons. The fraction of sp³-hybridized carbons (Fsp3) is 0.133. The molecule has 0 heterocycles. The van der Waals surface area contributed by atoms with Crippen LogP contribution < -0.4 is 4.74 Å². The zero-order valence-corrected chi connectivity index (χ0v) is 9.87. The number of ether oxygens (including phenoxy) is 1. The lowest BCUT2D eigenvalue weighted by molar-refractivity contribution is -0.133. The molecule has 3 heteroatoms. The van der Waals surface area contributed by atoms with Crippen LogP contribution in [-0.2, 0) is 17.8 Å². The number of benzene rings is 2. The highest BCUT2D eigenvalue weighted by molar-refractivity contribution is 5.75. The molecular weight excluding hydrogens is 228 g/mol. The van der Waals surface area contributed by atoms with E-state index >= 15 is 0 Å². The van der Waals surface area contributed by atoms with Gasteiger partial charge >= 0.3 is 5.97 Å². The highest BCUT2D eigenvalue weighted by Crippen LogP contribution is 2.13. The summed E-state index contributed by atoms with van der Waals surface area (Å²) in [7, 11) is 0. The summed E-state index contributed by atoms with van der Waals surface area (Å²) in [6.07, 6.45) is 0.253. The van der Waals surface area contributed by atoms with E-state index in [-0.39, 0.29) is 19.0 Å². The molecule has 2 rings (SSSR count). The highest BCUT2D eigenvalue weighted by Gasteiger charge is 2.05. The second-order valence-corrected chi connectivity index (χ2v) is 3.94. The average molecular weight is 242 g/mol. The molecule has 2 aromatic rings. The number of rotatable bonds is 4. The van der Waals surface area contributed by atoms with E-state index in [1.54, 1.807) is 24.3 Å². The van der Waals surface area contributed by atoms with E-state index in [1.165, 1.54) is 0 Å². The van der Waals surface area contributed by atoms with Crippen LogP contribution in [0.2, 0.25) is 0 Å². The van der Waals surface area contributed by atoms with Crippen molar-refractivity contribution < 1.29 is 14.6 Å². The summed E-state index contributed by atoms with van der Waals surface area (Å²) in [5.74, 6) is 0.200. The lowest BCUT2D eigenvalue weighted by Gasteiger charge is -2.05. The van der Waals surface area contributed by atoms with E-state index in [2.05, 4.69) is 0 Å². The normalized spacial score (nSPS) is 10.1. The SMILES string of the molecule is O=C(Cc1ccccc1)Oc1ccc(CO)cc1. The molecule has 92 valence electrons. The predicted octanol–water partition coefficient (Wildman–Crippen LogP) is 2.33. The lowest BCUT2D eigenvalue weighted by atomic mass is 10.1. The smallest absolute Gasteiger partial charge is 0.315 e. The molecule has 0 fully saturated rings.